The van der Waals surface area contributed by atoms with Crippen LogP contribution in [-0.4, -0.2) is 0 Å². The second-order valence-electron chi connectivity index (χ2n) is 7.39. The molecule has 3 nitrogen and oxygen atoms in total. The minimum atomic E-state index is -0.477. The number of hydrogen-bond donors (Lipinski definition) is 0. The summed E-state index contributed by atoms with van der Waals surface area (Å²) in [6, 6.07) is 9.34. The Morgan fingerprint density at radius 3 is 2.30 bits per heavy atom. The summed E-state index contributed by atoms with van der Waals surface area (Å²) >= 11 is 0. The Labute approximate surface area is 182 Å². The van der Waals surface area contributed by atoms with Gasteiger partial charge in [-0.2, -0.15) is 0 Å². The zero-order chi connectivity index (χ0) is 25.2. The van der Waals surface area contributed by atoms with E-state index in [9.17, 15) is 0 Å². The number of hydrogen-bond acceptors (Lipinski definition) is 1. The number of fused-ring (bicyclic) bond motifs is 3. The molecule has 5 aromatic rings. The van der Waals surface area contributed by atoms with Gasteiger partial charge in [0.05, 0.1) is 19.0 Å². The van der Waals surface area contributed by atoms with Crippen LogP contribution in [0.25, 0.3) is 49.2 Å². The second-order valence-corrected chi connectivity index (χ2v) is 7.39. The number of furan rings is 1. The molecule has 0 saturated heterocycles. The Morgan fingerprint density at radius 1 is 0.900 bits per heavy atom. The van der Waals surface area contributed by atoms with E-state index in [4.69, 9.17) is 17.8 Å². The highest BCUT2D eigenvalue weighted by atomic mass is 16.3. The van der Waals surface area contributed by atoms with Gasteiger partial charge in [0, 0.05) is 28.0 Å². The maximum atomic E-state index is 8.49. The van der Waals surface area contributed by atoms with Gasteiger partial charge in [0.1, 0.15) is 18.2 Å². The van der Waals surface area contributed by atoms with Crippen LogP contribution in [0.15, 0.2) is 77.2 Å². The van der Waals surface area contributed by atoms with E-state index in [1.165, 1.54) is 0 Å². The van der Waals surface area contributed by atoms with E-state index in [0.29, 0.717) is 16.6 Å². The number of rotatable bonds is 2. The normalized spacial score (nSPS) is 13.5. The molecule has 0 atom stereocenters. The van der Waals surface area contributed by atoms with E-state index in [1.54, 1.807) is 12.1 Å². The Balaban J connectivity index is 1.96. The molecule has 2 aromatic heterocycles. The van der Waals surface area contributed by atoms with Crippen LogP contribution >= 0.6 is 0 Å². The summed E-state index contributed by atoms with van der Waals surface area (Å²) in [5.74, 6) is 0. The Morgan fingerprint density at radius 2 is 1.60 bits per heavy atom. The van der Waals surface area contributed by atoms with Crippen molar-refractivity contribution in [2.45, 2.75) is 13.8 Å². The van der Waals surface area contributed by atoms with E-state index in [-0.39, 0.29) is 28.9 Å². The summed E-state index contributed by atoms with van der Waals surface area (Å²) < 4.78 is 49.7. The van der Waals surface area contributed by atoms with Crippen LogP contribution in [0, 0.1) is 20.4 Å². The quantitative estimate of drug-likeness (QED) is 0.235. The third-order valence-corrected chi connectivity index (χ3v) is 5.40. The molecule has 0 unspecified atom stereocenters. The molecular formula is C27H21N2O+. The second kappa shape index (κ2) is 6.86. The van der Waals surface area contributed by atoms with Crippen LogP contribution in [0.3, 0.4) is 0 Å². The molecule has 30 heavy (non-hydrogen) atoms. The fraction of sp³-hybridized carbons (Fsp3) is 0.111. The van der Waals surface area contributed by atoms with Crippen LogP contribution in [0.4, 0.5) is 5.69 Å². The maximum Gasteiger partial charge on any atom is 0.216 e. The summed E-state index contributed by atoms with van der Waals surface area (Å²) in [6.07, 6.45) is 2.03. The van der Waals surface area contributed by atoms with Crippen molar-refractivity contribution in [1.82, 2.24) is 0 Å². The summed E-state index contributed by atoms with van der Waals surface area (Å²) in [5.41, 5.74) is 5.26. The van der Waals surface area contributed by atoms with Crippen LogP contribution < -0.4 is 4.57 Å². The average molecular weight is 395 g/mol. The molecular weight excluding hydrogens is 368 g/mol. The number of nitrogens with zero attached hydrogens (tertiary/aromatic N) is 2. The molecule has 0 N–H and O–H groups in total. The van der Waals surface area contributed by atoms with Crippen LogP contribution in [0.2, 0.25) is 0 Å². The first kappa shape index (κ1) is 13.3. The van der Waals surface area contributed by atoms with E-state index < -0.39 is 18.1 Å². The van der Waals surface area contributed by atoms with Gasteiger partial charge in [-0.3, -0.25) is 0 Å². The molecule has 0 saturated carbocycles. The van der Waals surface area contributed by atoms with E-state index in [0.717, 1.165) is 27.8 Å². The van der Waals surface area contributed by atoms with Gasteiger partial charge in [-0.15, -0.1) is 0 Å². The summed E-state index contributed by atoms with van der Waals surface area (Å²) in [7, 11) is 1.97. The van der Waals surface area contributed by atoms with Crippen LogP contribution in [0.5, 0.6) is 0 Å². The smallest absolute Gasteiger partial charge is 0.216 e. The minimum absolute atomic E-state index is 0.0363. The van der Waals surface area contributed by atoms with Gasteiger partial charge in [0.25, 0.3) is 0 Å². The lowest BCUT2D eigenvalue weighted by atomic mass is 9.98. The Kier molecular flexibility index (Phi) is 3.05. The monoisotopic (exact) mass is 394 g/mol. The standard InChI is InChI=1S/C27H21N2O/c1-17-10-15-23(29(4)16-17)24-18(2)11-12-20-21-13-14-22(28-3)25(27(21)30-26(20)24)19-8-6-5-7-9-19/h5-16H,1-2,4H3/q+1/i5D,6D,7D,8D,9D. The average Bonchev–Trinajstić information content (AvgIpc) is 3.21. The fourth-order valence-electron chi connectivity index (χ4n) is 4.03. The van der Waals surface area contributed by atoms with Crippen molar-refractivity contribution >= 4 is 27.6 Å². The van der Waals surface area contributed by atoms with Crippen molar-refractivity contribution in [3.05, 3.63) is 95.4 Å². The van der Waals surface area contributed by atoms with Gasteiger partial charge in [-0.25, -0.2) is 9.41 Å². The van der Waals surface area contributed by atoms with Crippen LogP contribution in [0.1, 0.15) is 18.0 Å². The third-order valence-electron chi connectivity index (χ3n) is 5.40. The number of aryl methyl sites for hydroxylation is 3. The highest BCUT2D eigenvalue weighted by Crippen LogP contribution is 2.44. The Hall–Kier alpha value is -3.90. The van der Waals surface area contributed by atoms with Gasteiger partial charge < -0.3 is 4.42 Å². The van der Waals surface area contributed by atoms with E-state index >= 15 is 0 Å². The summed E-state index contributed by atoms with van der Waals surface area (Å²) in [4.78, 5) is 3.60. The Bertz CT molecular complexity index is 1720. The molecule has 0 amide bonds. The molecule has 3 aromatic carbocycles. The molecule has 0 aliphatic heterocycles. The predicted octanol–water partition coefficient (Wildman–Crippen LogP) is 6.91. The fourth-order valence-corrected chi connectivity index (χ4v) is 4.03. The van der Waals surface area contributed by atoms with Gasteiger partial charge in [0.2, 0.25) is 5.69 Å². The maximum absolute atomic E-state index is 8.49. The first-order chi connectivity index (χ1) is 16.6. The molecule has 2 heterocycles. The van der Waals surface area contributed by atoms with Crippen LogP contribution in [-0.2, 0) is 7.05 Å². The van der Waals surface area contributed by atoms with Gasteiger partial charge in [-0.05, 0) is 31.0 Å². The number of aromatic nitrogens is 1. The summed E-state index contributed by atoms with van der Waals surface area (Å²) in [6.45, 7) is 11.7. The van der Waals surface area contributed by atoms with Crippen molar-refractivity contribution in [3.63, 3.8) is 0 Å². The molecule has 0 fully saturated rings. The molecule has 0 aliphatic carbocycles. The molecule has 3 heteroatoms. The van der Waals surface area contributed by atoms with E-state index in [2.05, 4.69) is 4.85 Å². The highest BCUT2D eigenvalue weighted by molar-refractivity contribution is 6.15. The van der Waals surface area contributed by atoms with Crippen molar-refractivity contribution in [3.8, 4) is 22.4 Å². The lowest BCUT2D eigenvalue weighted by molar-refractivity contribution is -0.660. The molecule has 0 spiro atoms. The minimum Gasteiger partial charge on any atom is -0.456 e. The zero-order valence-corrected chi connectivity index (χ0v) is 16.8. The van der Waals surface area contributed by atoms with Gasteiger partial charge in [-0.1, -0.05) is 54.5 Å². The summed E-state index contributed by atoms with van der Waals surface area (Å²) in [5, 5.41) is 1.54. The first-order valence-corrected chi connectivity index (χ1v) is 9.56. The molecule has 0 bridgehead atoms. The number of pyridine rings is 1. The van der Waals surface area contributed by atoms with Gasteiger partial charge >= 0.3 is 0 Å². The van der Waals surface area contributed by atoms with Gasteiger partial charge in [0.15, 0.2) is 11.9 Å². The SMILES string of the molecule is [2H]c1c([2H])c([2H])c(-c2c([N+]#[C-])ccc3c2oc2c(-c4ccc(C)c[n+]4C)c(C)ccc23)c([2H])c1[2H]. The van der Waals surface area contributed by atoms with E-state index in [1.807, 2.05) is 55.9 Å². The zero-order valence-electron chi connectivity index (χ0n) is 21.8. The van der Waals surface area contributed by atoms with Crippen molar-refractivity contribution in [2.75, 3.05) is 0 Å². The first-order valence-electron chi connectivity index (χ1n) is 12.1. The lowest BCUT2D eigenvalue weighted by Gasteiger charge is -2.06. The largest absolute Gasteiger partial charge is 0.456 e. The van der Waals surface area contributed by atoms with Crippen molar-refractivity contribution in [1.29, 1.82) is 0 Å². The lowest BCUT2D eigenvalue weighted by Crippen LogP contribution is -2.31. The topological polar surface area (TPSA) is 21.4 Å². The third kappa shape index (κ3) is 2.69. The number of benzene rings is 3. The molecule has 0 aliphatic rings. The molecule has 0 radical (unpaired) electrons. The van der Waals surface area contributed by atoms with Crippen molar-refractivity contribution < 1.29 is 15.8 Å². The predicted molar refractivity (Wildman–Crippen MR) is 122 cm³/mol. The molecule has 5 rings (SSSR count). The van der Waals surface area contributed by atoms with Crippen molar-refractivity contribution in [2.24, 2.45) is 7.05 Å². The molecule has 144 valence electrons. The highest BCUT2D eigenvalue weighted by Gasteiger charge is 2.22.